The summed E-state index contributed by atoms with van der Waals surface area (Å²) in [5.74, 6) is 0. The highest BCUT2D eigenvalue weighted by Gasteiger charge is 2.30. The molecule has 0 heterocycles. The predicted molar refractivity (Wildman–Crippen MR) is 44.9 cm³/mol. The van der Waals surface area contributed by atoms with Crippen molar-refractivity contribution in [3.63, 3.8) is 0 Å². The zero-order valence-corrected chi connectivity index (χ0v) is 7.32. The molecule has 1 N–H and O–H groups in total. The molecule has 0 saturated carbocycles. The molecule has 0 saturated heterocycles. The van der Waals surface area contributed by atoms with E-state index in [4.69, 9.17) is 15.2 Å². The molecule has 0 aliphatic carbocycles. The van der Waals surface area contributed by atoms with Crippen LogP contribution in [0.4, 0.5) is 13.2 Å². The quantitative estimate of drug-likeness (QED) is 0.678. The Morgan fingerprint density at radius 1 is 1.40 bits per heavy atom. The van der Waals surface area contributed by atoms with E-state index < -0.39 is 11.7 Å². The molecule has 80 valence electrons. The van der Waals surface area contributed by atoms with Gasteiger partial charge in [-0.15, -0.1) is 0 Å². The molecular weight excluding hydrogens is 211 g/mol. The number of nitriles is 1. The van der Waals surface area contributed by atoms with E-state index >= 15 is 0 Å². The average molecular weight is 217 g/mol. The van der Waals surface area contributed by atoms with Gasteiger partial charge in [0.15, 0.2) is 0 Å². The molecule has 1 rings (SSSR count). The second-order valence-electron chi connectivity index (χ2n) is 2.30. The molecule has 0 spiro atoms. The van der Waals surface area contributed by atoms with Gasteiger partial charge in [-0.3, -0.25) is 4.79 Å². The van der Waals surface area contributed by atoms with Gasteiger partial charge in [0.2, 0.25) is 0 Å². The van der Waals surface area contributed by atoms with E-state index in [9.17, 15) is 13.2 Å². The molecule has 0 atom stereocenters. The Bertz CT molecular complexity index is 368. The highest BCUT2D eigenvalue weighted by molar-refractivity contribution is 5.33. The van der Waals surface area contributed by atoms with Gasteiger partial charge < -0.3 is 5.11 Å². The van der Waals surface area contributed by atoms with Crippen molar-refractivity contribution in [3.05, 3.63) is 35.4 Å². The van der Waals surface area contributed by atoms with Crippen molar-refractivity contribution in [1.29, 1.82) is 5.26 Å². The maximum absolute atomic E-state index is 12.0. The minimum Gasteiger partial charge on any atom is -0.483 e. The summed E-state index contributed by atoms with van der Waals surface area (Å²) in [6.45, 7) is -0.250. The van der Waals surface area contributed by atoms with E-state index in [1.807, 2.05) is 0 Å². The number of carbonyl (C=O) groups is 1. The molecule has 15 heavy (non-hydrogen) atoms. The lowest BCUT2D eigenvalue weighted by molar-refractivity contribution is -0.137. The van der Waals surface area contributed by atoms with E-state index in [0.717, 1.165) is 12.1 Å². The van der Waals surface area contributed by atoms with Crippen LogP contribution in [0, 0.1) is 11.3 Å². The van der Waals surface area contributed by atoms with Crippen LogP contribution in [0.5, 0.6) is 0 Å². The first kappa shape index (κ1) is 13.0. The number of rotatable bonds is 0. The molecule has 6 heteroatoms. The van der Waals surface area contributed by atoms with Crippen LogP contribution in [0.15, 0.2) is 24.3 Å². The fourth-order valence-corrected chi connectivity index (χ4v) is 0.765. The minimum atomic E-state index is -4.37. The van der Waals surface area contributed by atoms with Crippen molar-refractivity contribution in [2.75, 3.05) is 0 Å². The molecule has 1 aromatic carbocycles. The molecule has 0 bridgehead atoms. The zero-order chi connectivity index (χ0) is 11.9. The van der Waals surface area contributed by atoms with Gasteiger partial charge in [-0.2, -0.15) is 18.4 Å². The van der Waals surface area contributed by atoms with Crippen LogP contribution in [0.2, 0.25) is 0 Å². The molecule has 0 unspecified atom stereocenters. The van der Waals surface area contributed by atoms with Gasteiger partial charge in [0.05, 0.1) is 17.2 Å². The molecule has 0 aliphatic rings. The summed E-state index contributed by atoms with van der Waals surface area (Å²) in [6, 6.07) is 5.93. The Kier molecular flexibility index (Phi) is 4.88. The Morgan fingerprint density at radius 2 is 1.93 bits per heavy atom. The van der Waals surface area contributed by atoms with Crippen LogP contribution in [-0.4, -0.2) is 11.6 Å². The van der Waals surface area contributed by atoms with E-state index in [1.54, 1.807) is 6.07 Å². The fraction of sp³-hybridized carbons (Fsp3) is 0.111. The van der Waals surface area contributed by atoms with Crippen molar-refractivity contribution in [2.45, 2.75) is 6.18 Å². The Morgan fingerprint density at radius 3 is 2.33 bits per heavy atom. The van der Waals surface area contributed by atoms with Crippen LogP contribution in [0.25, 0.3) is 0 Å². The van der Waals surface area contributed by atoms with E-state index in [2.05, 4.69) is 0 Å². The monoisotopic (exact) mass is 217 g/mol. The SMILES string of the molecule is N#Cc1cccc(C(F)(F)F)c1.O=CO. The van der Waals surface area contributed by atoms with Crippen LogP contribution in [0.3, 0.4) is 0 Å². The van der Waals surface area contributed by atoms with Gasteiger partial charge in [-0.1, -0.05) is 6.07 Å². The number of hydrogen-bond acceptors (Lipinski definition) is 2. The Labute approximate surface area is 83.4 Å². The molecular formula is C9H6F3NO2. The predicted octanol–water partition coefficient (Wildman–Crippen LogP) is 2.28. The fourth-order valence-electron chi connectivity index (χ4n) is 0.765. The molecule has 0 aromatic heterocycles. The van der Waals surface area contributed by atoms with Crippen molar-refractivity contribution in [1.82, 2.24) is 0 Å². The summed E-state index contributed by atoms with van der Waals surface area (Å²) in [5, 5.41) is 15.2. The maximum Gasteiger partial charge on any atom is 0.416 e. The maximum atomic E-state index is 12.0. The smallest absolute Gasteiger partial charge is 0.416 e. The molecule has 0 amide bonds. The molecule has 1 aromatic rings. The third-order valence-corrected chi connectivity index (χ3v) is 1.32. The summed E-state index contributed by atoms with van der Waals surface area (Å²) in [6.07, 6.45) is -4.37. The summed E-state index contributed by atoms with van der Waals surface area (Å²) in [4.78, 5) is 8.36. The van der Waals surface area contributed by atoms with Crippen molar-refractivity contribution in [3.8, 4) is 6.07 Å². The lowest BCUT2D eigenvalue weighted by Gasteiger charge is -2.05. The van der Waals surface area contributed by atoms with Gasteiger partial charge in [0.25, 0.3) is 6.47 Å². The topological polar surface area (TPSA) is 61.1 Å². The summed E-state index contributed by atoms with van der Waals surface area (Å²) >= 11 is 0. The van der Waals surface area contributed by atoms with Crippen LogP contribution < -0.4 is 0 Å². The zero-order valence-electron chi connectivity index (χ0n) is 7.32. The van der Waals surface area contributed by atoms with Crippen LogP contribution >= 0.6 is 0 Å². The highest BCUT2D eigenvalue weighted by Crippen LogP contribution is 2.29. The molecule has 0 radical (unpaired) electrons. The first-order chi connectivity index (χ1) is 6.95. The summed E-state index contributed by atoms with van der Waals surface area (Å²) in [7, 11) is 0. The molecule has 3 nitrogen and oxygen atoms in total. The number of halogens is 3. The number of nitrogens with zero attached hydrogens (tertiary/aromatic N) is 1. The summed E-state index contributed by atoms with van der Waals surface area (Å²) < 4.78 is 36.0. The minimum absolute atomic E-state index is 0.0184. The third-order valence-electron chi connectivity index (χ3n) is 1.32. The van der Waals surface area contributed by atoms with Gasteiger partial charge in [0, 0.05) is 0 Å². The molecule has 0 aliphatic heterocycles. The lowest BCUT2D eigenvalue weighted by atomic mass is 10.1. The third kappa shape index (κ3) is 4.67. The first-order valence-electron chi connectivity index (χ1n) is 3.61. The number of hydrogen-bond donors (Lipinski definition) is 1. The standard InChI is InChI=1S/C8H4F3N.CH2O2/c9-8(10,11)7-3-1-2-6(4-7)5-12;2-1-3/h1-4H;1H,(H,2,3). The van der Waals surface area contributed by atoms with Gasteiger partial charge >= 0.3 is 6.18 Å². The second-order valence-corrected chi connectivity index (χ2v) is 2.30. The largest absolute Gasteiger partial charge is 0.483 e. The van der Waals surface area contributed by atoms with Crippen molar-refractivity contribution < 1.29 is 23.1 Å². The van der Waals surface area contributed by atoms with E-state index in [1.165, 1.54) is 12.1 Å². The lowest BCUT2D eigenvalue weighted by Crippen LogP contribution is -2.04. The first-order valence-corrected chi connectivity index (χ1v) is 3.61. The highest BCUT2D eigenvalue weighted by atomic mass is 19.4. The Balaban J connectivity index is 0.000000583. The van der Waals surface area contributed by atoms with Crippen molar-refractivity contribution >= 4 is 6.47 Å². The van der Waals surface area contributed by atoms with E-state index in [-0.39, 0.29) is 12.0 Å². The normalized spacial score (nSPS) is 9.47. The van der Waals surface area contributed by atoms with Gasteiger partial charge in [0.1, 0.15) is 0 Å². The summed E-state index contributed by atoms with van der Waals surface area (Å²) in [5.41, 5.74) is -0.772. The molecule has 0 fully saturated rings. The van der Waals surface area contributed by atoms with E-state index in [0.29, 0.717) is 0 Å². The van der Waals surface area contributed by atoms with Crippen molar-refractivity contribution in [2.24, 2.45) is 0 Å². The van der Waals surface area contributed by atoms with Crippen LogP contribution in [-0.2, 0) is 11.0 Å². The number of benzene rings is 1. The van der Waals surface area contributed by atoms with Crippen LogP contribution in [0.1, 0.15) is 11.1 Å². The van der Waals surface area contributed by atoms with Gasteiger partial charge in [-0.25, -0.2) is 0 Å². The Hall–Kier alpha value is -2.03. The van der Waals surface area contributed by atoms with Gasteiger partial charge in [-0.05, 0) is 18.2 Å². The second kappa shape index (κ2) is 5.65. The number of alkyl halides is 3. The average Bonchev–Trinajstić information content (AvgIpc) is 2.18. The number of carboxylic acid groups (broad SMARTS) is 1.